The molecule has 154 valence electrons. The summed E-state index contributed by atoms with van der Waals surface area (Å²) in [7, 11) is 0. The molecular weight excluding hydrogens is 390 g/mol. The highest BCUT2D eigenvalue weighted by Crippen LogP contribution is 2.39. The van der Waals surface area contributed by atoms with E-state index in [1.165, 1.54) is 23.1 Å². The minimum Gasteiger partial charge on any atom is -0.437 e. The molecule has 2 heterocycles. The number of cyclic esters (lactones) is 1. The fourth-order valence-corrected chi connectivity index (χ4v) is 3.73. The summed E-state index contributed by atoms with van der Waals surface area (Å²) in [5.41, 5.74) is 0.314. The van der Waals surface area contributed by atoms with Crippen LogP contribution in [0.5, 0.6) is 0 Å². The van der Waals surface area contributed by atoms with Crippen LogP contribution in [0.1, 0.15) is 18.4 Å². The molecule has 1 N–H and O–H groups in total. The summed E-state index contributed by atoms with van der Waals surface area (Å²) in [4.78, 5) is 18.8. The number of aliphatic hydroxyl groups excluding tert-OH is 1. The van der Waals surface area contributed by atoms with Crippen LogP contribution < -0.4 is 4.90 Å². The predicted octanol–water partition coefficient (Wildman–Crippen LogP) is 4.65. The number of amides is 1. The smallest absolute Gasteiger partial charge is 0.416 e. The molecule has 4 rings (SSSR count). The van der Waals surface area contributed by atoms with Gasteiger partial charge >= 0.3 is 6.09 Å². The fourth-order valence-electron chi connectivity index (χ4n) is 3.73. The second kappa shape index (κ2) is 8.20. The van der Waals surface area contributed by atoms with E-state index < -0.39 is 17.5 Å². The number of pyridine rings is 1. The van der Waals surface area contributed by atoms with E-state index in [2.05, 4.69) is 4.98 Å². The maximum absolute atomic E-state index is 14.4. The Hall–Kier alpha value is -3.32. The molecule has 2 aromatic carbocycles. The van der Waals surface area contributed by atoms with Gasteiger partial charge in [0.15, 0.2) is 0 Å². The lowest BCUT2D eigenvalue weighted by Gasteiger charge is -2.41. The summed E-state index contributed by atoms with van der Waals surface area (Å²) in [6, 6.07) is 17.2. The number of aliphatic hydroxyl groups is 1. The zero-order chi connectivity index (χ0) is 21.1. The van der Waals surface area contributed by atoms with E-state index in [-0.39, 0.29) is 31.0 Å². The van der Waals surface area contributed by atoms with Gasteiger partial charge in [-0.25, -0.2) is 18.6 Å². The second-order valence-electron chi connectivity index (χ2n) is 7.11. The highest BCUT2D eigenvalue weighted by Gasteiger charge is 2.44. The third-order valence-corrected chi connectivity index (χ3v) is 5.27. The molecule has 3 aromatic rings. The first-order valence-corrected chi connectivity index (χ1v) is 9.62. The number of carbonyl (C=O) groups is 1. The van der Waals surface area contributed by atoms with Gasteiger partial charge in [-0.3, -0.25) is 4.90 Å². The van der Waals surface area contributed by atoms with Gasteiger partial charge in [0.25, 0.3) is 0 Å². The lowest BCUT2D eigenvalue weighted by Crippen LogP contribution is -2.49. The van der Waals surface area contributed by atoms with E-state index in [0.29, 0.717) is 23.5 Å². The van der Waals surface area contributed by atoms with E-state index in [1.807, 2.05) is 0 Å². The van der Waals surface area contributed by atoms with Crippen molar-refractivity contribution in [3.63, 3.8) is 0 Å². The number of carbonyl (C=O) groups excluding carboxylic acids is 1. The summed E-state index contributed by atoms with van der Waals surface area (Å²) in [5.74, 6) is -0.445. The molecule has 0 saturated carbocycles. The normalized spacial score (nSPS) is 18.9. The number of halogens is 2. The van der Waals surface area contributed by atoms with Gasteiger partial charge in [-0.2, -0.15) is 0 Å². The molecule has 0 spiro atoms. The van der Waals surface area contributed by atoms with E-state index in [1.54, 1.807) is 48.5 Å². The molecule has 1 amide bonds. The molecule has 0 bridgehead atoms. The number of ether oxygens (including phenoxy) is 1. The summed E-state index contributed by atoms with van der Waals surface area (Å²) in [6.07, 6.45) is -0.277. The van der Waals surface area contributed by atoms with Crippen LogP contribution in [0.3, 0.4) is 0 Å². The van der Waals surface area contributed by atoms with Crippen LogP contribution in [0.25, 0.3) is 11.3 Å². The predicted molar refractivity (Wildman–Crippen MR) is 108 cm³/mol. The average molecular weight is 410 g/mol. The van der Waals surface area contributed by atoms with Gasteiger partial charge in [0.2, 0.25) is 0 Å². The van der Waals surface area contributed by atoms with Crippen LogP contribution in [-0.2, 0) is 10.3 Å². The SMILES string of the molecule is O=C1O[C@@](CCO)(c2ccccc2F)CCN1c1cccc(-c2ccc(F)cc2)n1. The van der Waals surface area contributed by atoms with E-state index in [0.717, 1.165) is 0 Å². The van der Waals surface area contributed by atoms with Gasteiger partial charge in [-0.15, -0.1) is 0 Å². The summed E-state index contributed by atoms with van der Waals surface area (Å²) < 4.78 is 33.3. The van der Waals surface area contributed by atoms with Crippen LogP contribution in [0.15, 0.2) is 66.7 Å². The minimum absolute atomic E-state index is 0.0938. The Bertz CT molecular complexity index is 1060. The minimum atomic E-state index is -1.23. The number of anilines is 1. The molecule has 1 aromatic heterocycles. The lowest BCUT2D eigenvalue weighted by atomic mass is 9.85. The topological polar surface area (TPSA) is 62.7 Å². The Morgan fingerprint density at radius 3 is 2.50 bits per heavy atom. The van der Waals surface area contributed by atoms with E-state index in [4.69, 9.17) is 4.74 Å². The van der Waals surface area contributed by atoms with Crippen molar-refractivity contribution in [2.75, 3.05) is 18.1 Å². The van der Waals surface area contributed by atoms with E-state index in [9.17, 15) is 18.7 Å². The first kappa shape index (κ1) is 20.0. The third kappa shape index (κ3) is 3.76. The van der Waals surface area contributed by atoms with Gasteiger partial charge in [0, 0.05) is 37.1 Å². The molecule has 30 heavy (non-hydrogen) atoms. The molecule has 1 saturated heterocycles. The van der Waals surface area contributed by atoms with Crippen molar-refractivity contribution >= 4 is 11.9 Å². The molecule has 0 unspecified atom stereocenters. The van der Waals surface area contributed by atoms with Crippen molar-refractivity contribution in [1.82, 2.24) is 4.98 Å². The van der Waals surface area contributed by atoms with Crippen LogP contribution in [-0.4, -0.2) is 29.3 Å². The Kier molecular flexibility index (Phi) is 5.46. The Morgan fingerprint density at radius 1 is 1.03 bits per heavy atom. The number of aromatic nitrogens is 1. The Balaban J connectivity index is 1.62. The van der Waals surface area contributed by atoms with Crippen molar-refractivity contribution in [3.05, 3.63) is 83.9 Å². The molecule has 1 aliphatic heterocycles. The first-order valence-electron chi connectivity index (χ1n) is 9.62. The number of hydrogen-bond donors (Lipinski definition) is 1. The quantitative estimate of drug-likeness (QED) is 0.665. The highest BCUT2D eigenvalue weighted by atomic mass is 19.1. The molecule has 1 atom stereocenters. The van der Waals surface area contributed by atoms with Crippen molar-refractivity contribution in [1.29, 1.82) is 0 Å². The number of hydrogen-bond acceptors (Lipinski definition) is 4. The summed E-state index contributed by atoms with van der Waals surface area (Å²) in [5, 5.41) is 9.52. The molecular formula is C23H20F2N2O3. The molecule has 0 aliphatic carbocycles. The monoisotopic (exact) mass is 410 g/mol. The van der Waals surface area contributed by atoms with Crippen molar-refractivity contribution in [2.45, 2.75) is 18.4 Å². The van der Waals surface area contributed by atoms with Gasteiger partial charge in [0.05, 0.1) is 5.69 Å². The van der Waals surface area contributed by atoms with Gasteiger partial charge in [0.1, 0.15) is 23.1 Å². The fraction of sp³-hybridized carbons (Fsp3) is 0.217. The first-order chi connectivity index (χ1) is 14.5. The maximum atomic E-state index is 14.4. The van der Waals surface area contributed by atoms with Crippen LogP contribution >= 0.6 is 0 Å². The average Bonchev–Trinajstić information content (AvgIpc) is 2.75. The number of nitrogens with zero attached hydrogens (tertiary/aromatic N) is 2. The zero-order valence-electron chi connectivity index (χ0n) is 16.1. The van der Waals surface area contributed by atoms with Gasteiger partial charge in [-0.1, -0.05) is 24.3 Å². The number of benzene rings is 2. The van der Waals surface area contributed by atoms with E-state index >= 15 is 0 Å². The second-order valence-corrected chi connectivity index (χ2v) is 7.11. The largest absolute Gasteiger partial charge is 0.437 e. The third-order valence-electron chi connectivity index (χ3n) is 5.27. The Labute approximate surface area is 172 Å². The number of rotatable bonds is 5. The lowest BCUT2D eigenvalue weighted by molar-refractivity contribution is -0.0281. The van der Waals surface area contributed by atoms with Crippen molar-refractivity contribution < 1.29 is 23.4 Å². The maximum Gasteiger partial charge on any atom is 0.416 e. The zero-order valence-corrected chi connectivity index (χ0v) is 16.1. The van der Waals surface area contributed by atoms with Gasteiger partial charge < -0.3 is 9.84 Å². The standard InChI is InChI=1S/C23H20F2N2O3/c24-17-10-8-16(9-11-17)20-6-3-7-21(26-20)27-14-12-23(13-15-28,30-22(27)29)18-4-1-2-5-19(18)25/h1-11,28H,12-15H2/t23-/m0/s1. The molecule has 7 heteroatoms. The molecule has 1 aliphatic rings. The summed E-state index contributed by atoms with van der Waals surface area (Å²) in [6.45, 7) is -0.00699. The highest BCUT2D eigenvalue weighted by molar-refractivity contribution is 5.88. The Morgan fingerprint density at radius 2 is 1.80 bits per heavy atom. The van der Waals surface area contributed by atoms with Crippen LogP contribution in [0.2, 0.25) is 0 Å². The van der Waals surface area contributed by atoms with Gasteiger partial charge in [-0.05, 0) is 42.5 Å². The molecule has 0 radical (unpaired) electrons. The van der Waals surface area contributed by atoms with Crippen molar-refractivity contribution in [2.24, 2.45) is 0 Å². The summed E-state index contributed by atoms with van der Waals surface area (Å²) >= 11 is 0. The molecule has 5 nitrogen and oxygen atoms in total. The van der Waals surface area contributed by atoms with Crippen LogP contribution in [0.4, 0.5) is 19.4 Å². The van der Waals surface area contributed by atoms with Crippen molar-refractivity contribution in [3.8, 4) is 11.3 Å². The van der Waals surface area contributed by atoms with Crippen LogP contribution in [0, 0.1) is 11.6 Å². The molecule has 1 fully saturated rings.